The predicted molar refractivity (Wildman–Crippen MR) is 139 cm³/mol. The third-order valence-electron chi connectivity index (χ3n) is 6.93. The maximum absolute atomic E-state index is 12.5. The fraction of sp³-hybridized carbons (Fsp3) is 0.560. The van der Waals surface area contributed by atoms with Crippen molar-refractivity contribution in [2.45, 2.75) is 63.5 Å². The summed E-state index contributed by atoms with van der Waals surface area (Å²) >= 11 is 6.36. The summed E-state index contributed by atoms with van der Waals surface area (Å²) in [5.74, 6) is 2.66. The summed E-state index contributed by atoms with van der Waals surface area (Å²) in [6.07, 6.45) is 7.67. The standard InChI is InChI=1S/C25H35ClN6O3/c1-31(2)23-17-7-5-6-8-19(17)29-25(30-23)28-15-9-11-16(12-10-15)32(24(27)33)20-13-18(26)21(34-3)14-22(20)35-4/h13-16H,5-12H2,1-4H3,(H2,27,33)(H,28,29,30). The van der Waals surface area contributed by atoms with Crippen molar-refractivity contribution in [3.05, 3.63) is 28.4 Å². The van der Waals surface area contributed by atoms with Crippen LogP contribution in [0.4, 0.5) is 22.2 Å². The molecule has 0 unspecified atom stereocenters. The molecular weight excluding hydrogens is 468 g/mol. The summed E-state index contributed by atoms with van der Waals surface area (Å²) in [6, 6.07) is 2.98. The Balaban J connectivity index is 1.49. The number of anilines is 3. The second-order valence-corrected chi connectivity index (χ2v) is 9.82. The van der Waals surface area contributed by atoms with E-state index in [9.17, 15) is 4.79 Å². The maximum Gasteiger partial charge on any atom is 0.319 e. The Kier molecular flexibility index (Phi) is 7.74. The number of halogens is 1. The van der Waals surface area contributed by atoms with Crippen LogP contribution < -0.4 is 30.3 Å². The molecule has 1 aromatic carbocycles. The van der Waals surface area contributed by atoms with Crippen molar-refractivity contribution in [3.8, 4) is 11.5 Å². The number of aromatic nitrogens is 2. The van der Waals surface area contributed by atoms with Gasteiger partial charge in [-0.25, -0.2) is 9.78 Å². The molecule has 0 aliphatic heterocycles. The Hall–Kier alpha value is -2.94. The normalized spacial score (nSPS) is 19.5. The van der Waals surface area contributed by atoms with E-state index in [0.29, 0.717) is 28.2 Å². The van der Waals surface area contributed by atoms with Crippen LogP contribution in [0.25, 0.3) is 0 Å². The molecule has 0 spiro atoms. The highest BCUT2D eigenvalue weighted by Gasteiger charge is 2.32. The minimum Gasteiger partial charge on any atom is -0.495 e. The van der Waals surface area contributed by atoms with Gasteiger partial charge in [0.05, 0.1) is 30.6 Å². The third-order valence-corrected chi connectivity index (χ3v) is 7.23. The molecule has 2 aliphatic carbocycles. The molecule has 190 valence electrons. The number of carbonyl (C=O) groups is 1. The lowest BCUT2D eigenvalue weighted by molar-refractivity contribution is 0.248. The summed E-state index contributed by atoms with van der Waals surface area (Å²) in [5, 5.41) is 3.95. The van der Waals surface area contributed by atoms with Crippen molar-refractivity contribution >= 4 is 35.1 Å². The zero-order valence-electron chi connectivity index (χ0n) is 20.9. The van der Waals surface area contributed by atoms with Crippen LogP contribution in [0.2, 0.25) is 5.02 Å². The van der Waals surface area contributed by atoms with E-state index in [4.69, 9.17) is 36.8 Å². The minimum atomic E-state index is -0.533. The van der Waals surface area contributed by atoms with Crippen LogP contribution in [0.15, 0.2) is 12.1 Å². The fourth-order valence-electron chi connectivity index (χ4n) is 5.20. The molecule has 0 saturated heterocycles. The number of primary amides is 1. The van der Waals surface area contributed by atoms with Crippen LogP contribution in [0, 0.1) is 0 Å². The first kappa shape index (κ1) is 25.2. The largest absolute Gasteiger partial charge is 0.495 e. The minimum absolute atomic E-state index is 0.0642. The van der Waals surface area contributed by atoms with E-state index in [1.807, 2.05) is 14.1 Å². The second-order valence-electron chi connectivity index (χ2n) is 9.41. The summed E-state index contributed by atoms with van der Waals surface area (Å²) in [7, 11) is 7.15. The van der Waals surface area contributed by atoms with Crippen molar-refractivity contribution in [3.63, 3.8) is 0 Å². The average molecular weight is 503 g/mol. The van der Waals surface area contributed by atoms with E-state index < -0.39 is 6.03 Å². The number of ether oxygens (including phenoxy) is 2. The summed E-state index contributed by atoms with van der Waals surface area (Å²) in [6.45, 7) is 0. The van der Waals surface area contributed by atoms with Gasteiger partial charge in [0.2, 0.25) is 5.95 Å². The Labute approximate surface area is 211 Å². The maximum atomic E-state index is 12.5. The Morgan fingerprint density at radius 2 is 1.74 bits per heavy atom. The monoisotopic (exact) mass is 502 g/mol. The van der Waals surface area contributed by atoms with Gasteiger partial charge in [-0.1, -0.05) is 11.6 Å². The first-order valence-corrected chi connectivity index (χ1v) is 12.5. The zero-order valence-corrected chi connectivity index (χ0v) is 21.7. The van der Waals surface area contributed by atoms with Crippen LogP contribution in [-0.2, 0) is 12.8 Å². The number of nitrogens with two attached hydrogens (primary N) is 1. The molecule has 3 N–H and O–H groups in total. The van der Waals surface area contributed by atoms with Crippen molar-refractivity contribution < 1.29 is 14.3 Å². The van der Waals surface area contributed by atoms with E-state index in [0.717, 1.165) is 50.0 Å². The highest BCUT2D eigenvalue weighted by Crippen LogP contribution is 2.40. The predicted octanol–water partition coefficient (Wildman–Crippen LogP) is 4.40. The van der Waals surface area contributed by atoms with Crippen molar-refractivity contribution in [2.75, 3.05) is 43.4 Å². The number of rotatable bonds is 7. The van der Waals surface area contributed by atoms with Gasteiger partial charge in [-0.2, -0.15) is 4.98 Å². The number of nitrogens with one attached hydrogen (secondary N) is 1. The smallest absolute Gasteiger partial charge is 0.319 e. The lowest BCUT2D eigenvalue weighted by atomic mass is 9.90. The molecule has 2 aromatic rings. The molecule has 35 heavy (non-hydrogen) atoms. The van der Waals surface area contributed by atoms with E-state index in [-0.39, 0.29) is 12.1 Å². The highest BCUT2D eigenvalue weighted by atomic mass is 35.5. The SMILES string of the molecule is COc1cc(OC)c(N(C(N)=O)C2CCC(Nc3nc4c(c(N(C)C)n3)CCCC4)CC2)cc1Cl. The second kappa shape index (κ2) is 10.8. The first-order valence-electron chi connectivity index (χ1n) is 12.2. The van der Waals surface area contributed by atoms with Crippen LogP contribution >= 0.6 is 11.6 Å². The molecule has 1 saturated carbocycles. The van der Waals surface area contributed by atoms with Gasteiger partial charge >= 0.3 is 6.03 Å². The quantitative estimate of drug-likeness (QED) is 0.578. The van der Waals surface area contributed by atoms with E-state index >= 15 is 0 Å². The van der Waals surface area contributed by atoms with Gasteiger partial charge in [0.25, 0.3) is 0 Å². The summed E-state index contributed by atoms with van der Waals surface area (Å²) in [5.41, 5.74) is 8.82. The van der Waals surface area contributed by atoms with Crippen LogP contribution in [0.3, 0.4) is 0 Å². The number of aryl methyl sites for hydroxylation is 1. The number of benzene rings is 1. The lowest BCUT2D eigenvalue weighted by Crippen LogP contribution is -2.47. The lowest BCUT2D eigenvalue weighted by Gasteiger charge is -2.37. The van der Waals surface area contributed by atoms with Crippen LogP contribution in [0.1, 0.15) is 49.8 Å². The van der Waals surface area contributed by atoms with E-state index in [2.05, 4.69) is 10.2 Å². The molecular formula is C25H35ClN6O3. The Morgan fingerprint density at radius 1 is 1.06 bits per heavy atom. The van der Waals surface area contributed by atoms with Gasteiger partial charge in [-0.15, -0.1) is 0 Å². The highest BCUT2D eigenvalue weighted by molar-refractivity contribution is 6.32. The number of nitrogens with zero attached hydrogens (tertiary/aromatic N) is 4. The van der Waals surface area contributed by atoms with Crippen molar-refractivity contribution in [1.29, 1.82) is 0 Å². The van der Waals surface area contributed by atoms with Gasteiger partial charge in [0.1, 0.15) is 17.3 Å². The van der Waals surface area contributed by atoms with Crippen LogP contribution in [-0.4, -0.2) is 56.4 Å². The average Bonchev–Trinajstić information content (AvgIpc) is 2.84. The fourth-order valence-corrected chi connectivity index (χ4v) is 5.43. The molecule has 10 heteroatoms. The third kappa shape index (κ3) is 5.34. The summed E-state index contributed by atoms with van der Waals surface area (Å²) in [4.78, 5) is 25.9. The van der Waals surface area contributed by atoms with Crippen LogP contribution in [0.5, 0.6) is 11.5 Å². The van der Waals surface area contributed by atoms with Gasteiger partial charge in [-0.3, -0.25) is 4.90 Å². The van der Waals surface area contributed by atoms with E-state index in [1.165, 1.54) is 25.5 Å². The molecule has 2 amide bonds. The zero-order chi connectivity index (χ0) is 25.1. The molecule has 4 rings (SSSR count). The molecule has 1 aromatic heterocycles. The summed E-state index contributed by atoms with van der Waals surface area (Å²) < 4.78 is 10.8. The Morgan fingerprint density at radius 3 is 2.37 bits per heavy atom. The molecule has 1 heterocycles. The van der Waals surface area contributed by atoms with Gasteiger partial charge in [-0.05, 0) is 57.4 Å². The van der Waals surface area contributed by atoms with Gasteiger partial charge < -0.3 is 25.4 Å². The number of carbonyl (C=O) groups excluding carboxylic acids is 1. The van der Waals surface area contributed by atoms with Gasteiger partial charge in [0.15, 0.2) is 0 Å². The molecule has 1 fully saturated rings. The number of amides is 2. The van der Waals surface area contributed by atoms with Crippen molar-refractivity contribution in [2.24, 2.45) is 5.73 Å². The number of hydrogen-bond acceptors (Lipinski definition) is 7. The molecule has 0 bridgehead atoms. The van der Waals surface area contributed by atoms with E-state index in [1.54, 1.807) is 24.1 Å². The Bertz CT molecular complexity index is 1070. The number of methoxy groups -OCH3 is 2. The topological polar surface area (TPSA) is 106 Å². The first-order chi connectivity index (χ1) is 16.8. The van der Waals surface area contributed by atoms with Crippen molar-refractivity contribution in [1.82, 2.24) is 9.97 Å². The van der Waals surface area contributed by atoms with Gasteiger partial charge in [0, 0.05) is 37.8 Å². The molecule has 0 radical (unpaired) electrons. The number of hydrogen-bond donors (Lipinski definition) is 2. The number of fused-ring (bicyclic) bond motifs is 1. The molecule has 0 atom stereocenters. The number of urea groups is 1. The molecule has 9 nitrogen and oxygen atoms in total. The molecule has 2 aliphatic rings.